The predicted octanol–water partition coefficient (Wildman–Crippen LogP) is 3.04. The Kier molecular flexibility index (Phi) is 7.91. The zero-order valence-electron chi connectivity index (χ0n) is 21.3. The average Bonchev–Trinajstić information content (AvgIpc) is 3.21. The Morgan fingerprint density at radius 3 is 2.76 bits per heavy atom. The first-order valence-electron chi connectivity index (χ1n) is 11.8. The second-order valence-corrected chi connectivity index (χ2v) is 10.9. The molecule has 4 rings (SSSR count). The topological polar surface area (TPSA) is 88.0 Å². The molecule has 1 fully saturated rings. The van der Waals surface area contributed by atoms with Crippen LogP contribution in [0, 0.1) is 23.7 Å². The third kappa shape index (κ3) is 5.99. The van der Waals surface area contributed by atoms with Gasteiger partial charge in [-0.3, -0.25) is 4.40 Å². The maximum absolute atomic E-state index is 14.6. The van der Waals surface area contributed by atoms with Crippen molar-refractivity contribution in [3.63, 3.8) is 0 Å². The maximum atomic E-state index is 14.6. The number of aromatic nitrogens is 2. The fraction of sp³-hybridized carbons (Fsp3) is 0.370. The molecule has 10 heteroatoms. The Morgan fingerprint density at radius 1 is 1.24 bits per heavy atom. The van der Waals surface area contributed by atoms with Crippen LogP contribution in [0.2, 0.25) is 0 Å². The minimum atomic E-state index is -3.34. The molecule has 2 aromatic heterocycles. The number of fused-ring (bicyclic) bond motifs is 1. The van der Waals surface area contributed by atoms with Gasteiger partial charge in [0.1, 0.15) is 23.3 Å². The first kappa shape index (κ1) is 26.3. The van der Waals surface area contributed by atoms with Gasteiger partial charge in [0.15, 0.2) is 15.5 Å². The van der Waals surface area contributed by atoms with E-state index >= 15 is 0 Å². The number of benzene rings is 1. The van der Waals surface area contributed by atoms with Crippen molar-refractivity contribution in [2.45, 2.75) is 30.5 Å². The van der Waals surface area contributed by atoms with E-state index in [2.05, 4.69) is 34.3 Å². The standard InChI is InChI=1S/C27H30FN5O3S/c1-5-8-25-22(9-6-14-29-23-12-11-19(37(4,34)35)17-26(23)36-3)31-27-24(10-7-15-33(25)27)30-21-13-16-32(2)18-20(21)28/h7,10-12,15,17,20-21,29-30H,13-14,16,18H2,1-4H3/t20-,21+/m0/s1. The lowest BCUT2D eigenvalue weighted by molar-refractivity contribution is 0.149. The first-order valence-corrected chi connectivity index (χ1v) is 13.7. The summed E-state index contributed by atoms with van der Waals surface area (Å²) in [6.07, 6.45) is 2.74. The summed E-state index contributed by atoms with van der Waals surface area (Å²) in [5, 5.41) is 6.49. The van der Waals surface area contributed by atoms with Gasteiger partial charge in [-0.25, -0.2) is 17.8 Å². The maximum Gasteiger partial charge on any atom is 0.175 e. The average molecular weight is 524 g/mol. The molecule has 1 saturated heterocycles. The van der Waals surface area contributed by atoms with Crippen LogP contribution in [0.5, 0.6) is 5.75 Å². The number of imidazole rings is 1. The molecule has 1 aliphatic rings. The number of nitrogens with zero attached hydrogens (tertiary/aromatic N) is 3. The van der Waals surface area contributed by atoms with Crippen molar-refractivity contribution in [3.8, 4) is 29.4 Å². The summed E-state index contributed by atoms with van der Waals surface area (Å²) in [6.45, 7) is 3.24. The van der Waals surface area contributed by atoms with Crippen LogP contribution in [0.15, 0.2) is 41.4 Å². The largest absolute Gasteiger partial charge is 0.495 e. The second-order valence-electron chi connectivity index (χ2n) is 8.91. The highest BCUT2D eigenvalue weighted by molar-refractivity contribution is 7.90. The normalized spacial score (nSPS) is 17.9. The first-order chi connectivity index (χ1) is 17.7. The van der Waals surface area contributed by atoms with E-state index in [4.69, 9.17) is 9.72 Å². The number of nitrogens with one attached hydrogen (secondary N) is 2. The van der Waals surface area contributed by atoms with Gasteiger partial charge in [-0.15, -0.1) is 0 Å². The lowest BCUT2D eigenvalue weighted by atomic mass is 10.0. The number of likely N-dealkylation sites (tertiary alicyclic amines) is 1. The summed E-state index contributed by atoms with van der Waals surface area (Å²) in [7, 11) is 0.0616. The number of piperidine rings is 1. The number of pyridine rings is 1. The highest BCUT2D eigenvalue weighted by Crippen LogP contribution is 2.27. The highest BCUT2D eigenvalue weighted by Gasteiger charge is 2.28. The van der Waals surface area contributed by atoms with E-state index < -0.39 is 16.0 Å². The van der Waals surface area contributed by atoms with Gasteiger partial charge in [-0.2, -0.15) is 0 Å². The van der Waals surface area contributed by atoms with E-state index in [9.17, 15) is 12.8 Å². The number of rotatable bonds is 6. The predicted molar refractivity (Wildman–Crippen MR) is 144 cm³/mol. The molecule has 3 aromatic rings. The lowest BCUT2D eigenvalue weighted by Crippen LogP contribution is -2.46. The van der Waals surface area contributed by atoms with Crippen molar-refractivity contribution in [1.29, 1.82) is 0 Å². The van der Waals surface area contributed by atoms with Gasteiger partial charge in [0.05, 0.1) is 36.0 Å². The van der Waals surface area contributed by atoms with Crippen LogP contribution in [0.1, 0.15) is 24.7 Å². The molecule has 0 spiro atoms. The molecule has 1 aromatic carbocycles. The van der Waals surface area contributed by atoms with Gasteiger partial charge in [-0.1, -0.05) is 11.8 Å². The van der Waals surface area contributed by atoms with Crippen molar-refractivity contribution in [2.24, 2.45) is 0 Å². The molecule has 2 atom stereocenters. The third-order valence-electron chi connectivity index (χ3n) is 6.15. The molecule has 2 N–H and O–H groups in total. The summed E-state index contributed by atoms with van der Waals surface area (Å²) in [6, 6.07) is 8.12. The smallest absolute Gasteiger partial charge is 0.175 e. The summed E-state index contributed by atoms with van der Waals surface area (Å²) >= 11 is 0. The molecule has 1 aliphatic heterocycles. The quantitative estimate of drug-likeness (QED) is 0.480. The van der Waals surface area contributed by atoms with Crippen molar-refractivity contribution in [3.05, 3.63) is 47.9 Å². The summed E-state index contributed by atoms with van der Waals surface area (Å²) in [5.74, 6) is 12.5. The van der Waals surface area contributed by atoms with Crippen LogP contribution in [0.3, 0.4) is 0 Å². The van der Waals surface area contributed by atoms with Crippen LogP contribution < -0.4 is 15.4 Å². The minimum absolute atomic E-state index is 0.178. The van der Waals surface area contributed by atoms with E-state index in [1.54, 1.807) is 13.0 Å². The van der Waals surface area contributed by atoms with Gasteiger partial charge >= 0.3 is 0 Å². The third-order valence-corrected chi connectivity index (χ3v) is 7.26. The molecule has 0 radical (unpaired) electrons. The van der Waals surface area contributed by atoms with Crippen molar-refractivity contribution in [1.82, 2.24) is 14.3 Å². The van der Waals surface area contributed by atoms with Crippen LogP contribution in [0.4, 0.5) is 15.8 Å². The van der Waals surface area contributed by atoms with E-state index in [-0.39, 0.29) is 17.5 Å². The molecule has 0 bridgehead atoms. The van der Waals surface area contributed by atoms with Crippen molar-refractivity contribution < 1.29 is 17.5 Å². The van der Waals surface area contributed by atoms with Crippen LogP contribution in [-0.2, 0) is 9.84 Å². The number of anilines is 2. The molecule has 8 nitrogen and oxygen atoms in total. The Hall–Kier alpha value is -3.73. The Labute approximate surface area is 217 Å². The molecule has 194 valence electrons. The molecule has 0 amide bonds. The monoisotopic (exact) mass is 523 g/mol. The Morgan fingerprint density at radius 2 is 2.05 bits per heavy atom. The number of halogens is 1. The van der Waals surface area contributed by atoms with Gasteiger partial charge in [0, 0.05) is 31.6 Å². The lowest BCUT2D eigenvalue weighted by Gasteiger charge is -2.33. The SMILES string of the molecule is CC#Cc1c(C#CCNc2ccc(S(C)(=O)=O)cc2OC)nc2c(N[C@@H]3CCN(C)C[C@@H]3F)cccn12. The molecule has 0 unspecified atom stereocenters. The van der Waals surface area contributed by atoms with Gasteiger partial charge in [-0.05, 0) is 56.5 Å². The molecule has 0 aliphatic carbocycles. The van der Waals surface area contributed by atoms with E-state index in [1.807, 2.05) is 34.7 Å². The highest BCUT2D eigenvalue weighted by atomic mass is 32.2. The summed E-state index contributed by atoms with van der Waals surface area (Å²) in [4.78, 5) is 6.90. The van der Waals surface area contributed by atoms with Gasteiger partial charge < -0.3 is 20.3 Å². The summed E-state index contributed by atoms with van der Waals surface area (Å²) < 4.78 is 45.5. The van der Waals surface area contributed by atoms with Crippen molar-refractivity contribution >= 4 is 26.9 Å². The molecule has 0 saturated carbocycles. The second kappa shape index (κ2) is 11.1. The zero-order chi connectivity index (χ0) is 26.6. The molecule has 37 heavy (non-hydrogen) atoms. The summed E-state index contributed by atoms with van der Waals surface area (Å²) in [5.41, 5.74) is 3.18. The molecule has 3 heterocycles. The van der Waals surface area contributed by atoms with Gasteiger partial charge in [0.2, 0.25) is 0 Å². The Balaban J connectivity index is 1.57. The minimum Gasteiger partial charge on any atom is -0.495 e. The molecular formula is C27H30FN5O3S. The number of alkyl halides is 1. The van der Waals surface area contributed by atoms with E-state index in [0.717, 1.165) is 18.5 Å². The number of hydrogen-bond acceptors (Lipinski definition) is 7. The Bertz CT molecular complexity index is 1530. The number of ether oxygens (including phenoxy) is 1. The fourth-order valence-electron chi connectivity index (χ4n) is 4.24. The van der Waals surface area contributed by atoms with Crippen molar-refractivity contribution in [2.75, 3.05) is 50.7 Å². The van der Waals surface area contributed by atoms with Crippen LogP contribution >= 0.6 is 0 Å². The zero-order valence-corrected chi connectivity index (χ0v) is 22.1. The fourth-order valence-corrected chi connectivity index (χ4v) is 4.88. The van der Waals surface area contributed by atoms with Gasteiger partial charge in [0.25, 0.3) is 0 Å². The number of hydrogen-bond donors (Lipinski definition) is 2. The number of sulfone groups is 1. The number of methoxy groups -OCH3 is 1. The van der Waals surface area contributed by atoms with Crippen LogP contribution in [0.25, 0.3) is 5.65 Å². The van der Waals surface area contributed by atoms with E-state index in [0.29, 0.717) is 41.4 Å². The molecular weight excluding hydrogens is 493 g/mol. The van der Waals surface area contributed by atoms with Crippen LogP contribution in [-0.4, -0.2) is 75.0 Å². The van der Waals surface area contributed by atoms with E-state index in [1.165, 1.54) is 19.2 Å².